The summed E-state index contributed by atoms with van der Waals surface area (Å²) in [6.07, 6.45) is 4.95. The van der Waals surface area contributed by atoms with Gasteiger partial charge >= 0.3 is 0 Å². The molecule has 1 aliphatic rings. The molecule has 1 aromatic carbocycles. The molecule has 1 N–H and O–H groups in total. The van der Waals surface area contributed by atoms with E-state index in [1.807, 2.05) is 21.6 Å². The number of phenols is 1. The van der Waals surface area contributed by atoms with Crippen LogP contribution in [0.1, 0.15) is 31.9 Å². The predicted octanol–water partition coefficient (Wildman–Crippen LogP) is 3.79. The average Bonchev–Trinajstić information content (AvgIpc) is 3.38. The quantitative estimate of drug-likeness (QED) is 0.620. The van der Waals surface area contributed by atoms with Crippen molar-refractivity contribution in [2.45, 2.75) is 43.9 Å². The minimum absolute atomic E-state index is 0.140. The summed E-state index contributed by atoms with van der Waals surface area (Å²) in [6, 6.07) is 10.9. The third-order valence-corrected chi connectivity index (χ3v) is 6.14. The number of likely N-dealkylation sites (tertiary alicyclic amines) is 1. The molecule has 8 heteroatoms. The van der Waals surface area contributed by atoms with Crippen molar-refractivity contribution in [2.75, 3.05) is 12.3 Å². The highest BCUT2D eigenvalue weighted by Gasteiger charge is 2.24. The third-order valence-electron chi connectivity index (χ3n) is 5.18. The number of amides is 1. The van der Waals surface area contributed by atoms with Gasteiger partial charge in [0.2, 0.25) is 5.91 Å². The van der Waals surface area contributed by atoms with Gasteiger partial charge in [-0.2, -0.15) is 0 Å². The molecule has 2 aromatic heterocycles. The van der Waals surface area contributed by atoms with Crippen molar-refractivity contribution in [3.63, 3.8) is 0 Å². The number of hydrogen-bond donors (Lipinski definition) is 1. The Morgan fingerprint density at radius 2 is 2.07 bits per heavy atom. The molecule has 4 rings (SSSR count). The Labute approximate surface area is 173 Å². The number of carbonyl (C=O) groups excluding carboxylic acids is 1. The van der Waals surface area contributed by atoms with Crippen molar-refractivity contribution in [3.8, 4) is 17.1 Å². The van der Waals surface area contributed by atoms with Crippen LogP contribution in [-0.4, -0.2) is 49.0 Å². The van der Waals surface area contributed by atoms with Gasteiger partial charge in [0.1, 0.15) is 11.5 Å². The normalized spacial score (nSPS) is 16.9. The van der Waals surface area contributed by atoms with E-state index in [0.717, 1.165) is 30.7 Å². The van der Waals surface area contributed by atoms with Gasteiger partial charge in [-0.05, 0) is 62.6 Å². The van der Waals surface area contributed by atoms with Crippen molar-refractivity contribution >= 4 is 17.7 Å². The van der Waals surface area contributed by atoms with Gasteiger partial charge in [-0.1, -0.05) is 11.8 Å². The van der Waals surface area contributed by atoms with Crippen LogP contribution in [0.2, 0.25) is 0 Å². The van der Waals surface area contributed by atoms with Gasteiger partial charge in [0.15, 0.2) is 11.0 Å². The maximum atomic E-state index is 12.7. The Bertz CT molecular complexity index is 953. The van der Waals surface area contributed by atoms with E-state index in [-0.39, 0.29) is 11.7 Å². The van der Waals surface area contributed by atoms with Gasteiger partial charge in [0.05, 0.1) is 18.6 Å². The van der Waals surface area contributed by atoms with Crippen LogP contribution in [0.15, 0.2) is 52.2 Å². The zero-order valence-electron chi connectivity index (χ0n) is 16.3. The standard InChI is InChI=1S/C21H24N4O3S/c1-15-5-2-3-11-24(15)19(27)14-29-21-23-22-20(16-7-9-17(26)10-8-16)25(21)13-18-6-4-12-28-18/h4,6-10,12,15,26H,2-3,5,11,13-14H2,1H3. The molecule has 7 nitrogen and oxygen atoms in total. The molecule has 0 radical (unpaired) electrons. The molecular formula is C21H24N4O3S. The lowest BCUT2D eigenvalue weighted by Gasteiger charge is -2.33. The Balaban J connectivity index is 1.55. The number of piperidine rings is 1. The van der Waals surface area contributed by atoms with E-state index in [1.165, 1.54) is 18.2 Å². The van der Waals surface area contributed by atoms with E-state index in [4.69, 9.17) is 4.42 Å². The zero-order chi connectivity index (χ0) is 20.2. The second kappa shape index (κ2) is 8.73. The number of aromatic nitrogens is 3. The van der Waals surface area contributed by atoms with E-state index < -0.39 is 0 Å². The first-order valence-corrected chi connectivity index (χ1v) is 10.8. The molecule has 0 saturated carbocycles. The first kappa shape index (κ1) is 19.6. The predicted molar refractivity (Wildman–Crippen MR) is 111 cm³/mol. The molecule has 1 fully saturated rings. The van der Waals surface area contributed by atoms with Crippen molar-refractivity contribution < 1.29 is 14.3 Å². The topological polar surface area (TPSA) is 84.4 Å². The fourth-order valence-electron chi connectivity index (χ4n) is 3.60. The highest BCUT2D eigenvalue weighted by atomic mass is 32.2. The number of furan rings is 1. The van der Waals surface area contributed by atoms with E-state index in [0.29, 0.717) is 29.3 Å². The summed E-state index contributed by atoms with van der Waals surface area (Å²) in [7, 11) is 0. The fraction of sp³-hybridized carbons (Fsp3) is 0.381. The highest BCUT2D eigenvalue weighted by molar-refractivity contribution is 7.99. The third kappa shape index (κ3) is 4.48. The van der Waals surface area contributed by atoms with Crippen molar-refractivity contribution in [1.82, 2.24) is 19.7 Å². The smallest absolute Gasteiger partial charge is 0.233 e. The second-order valence-corrected chi connectivity index (χ2v) is 8.18. The van der Waals surface area contributed by atoms with Gasteiger partial charge in [-0.25, -0.2) is 0 Å². The van der Waals surface area contributed by atoms with Crippen molar-refractivity contribution in [2.24, 2.45) is 0 Å². The fourth-order valence-corrected chi connectivity index (χ4v) is 4.42. The largest absolute Gasteiger partial charge is 0.508 e. The Morgan fingerprint density at radius 3 is 2.79 bits per heavy atom. The molecule has 1 amide bonds. The minimum atomic E-state index is 0.140. The lowest BCUT2D eigenvalue weighted by Crippen LogP contribution is -2.43. The van der Waals surface area contributed by atoms with E-state index in [9.17, 15) is 9.90 Å². The van der Waals surface area contributed by atoms with Gasteiger partial charge in [-0.15, -0.1) is 10.2 Å². The lowest BCUT2D eigenvalue weighted by molar-refractivity contribution is -0.131. The van der Waals surface area contributed by atoms with Gasteiger partial charge in [0, 0.05) is 18.2 Å². The molecule has 0 aliphatic carbocycles. The van der Waals surface area contributed by atoms with E-state index >= 15 is 0 Å². The molecule has 1 saturated heterocycles. The summed E-state index contributed by atoms with van der Waals surface area (Å²) in [5, 5.41) is 18.9. The number of hydrogen-bond acceptors (Lipinski definition) is 6. The molecule has 3 aromatic rings. The summed E-state index contributed by atoms with van der Waals surface area (Å²) in [5.74, 6) is 2.11. The average molecular weight is 413 g/mol. The van der Waals surface area contributed by atoms with Gasteiger partial charge in [-0.3, -0.25) is 9.36 Å². The van der Waals surface area contributed by atoms with Crippen LogP contribution in [0.25, 0.3) is 11.4 Å². The van der Waals surface area contributed by atoms with Crippen LogP contribution in [0, 0.1) is 0 Å². The van der Waals surface area contributed by atoms with Crippen LogP contribution in [-0.2, 0) is 11.3 Å². The second-order valence-electron chi connectivity index (χ2n) is 7.24. The SMILES string of the molecule is CC1CCCCN1C(=O)CSc1nnc(-c2ccc(O)cc2)n1Cc1ccco1. The van der Waals surface area contributed by atoms with Crippen molar-refractivity contribution in [3.05, 3.63) is 48.4 Å². The summed E-state index contributed by atoms with van der Waals surface area (Å²) in [6.45, 7) is 3.41. The number of carbonyl (C=O) groups is 1. The molecule has 0 bridgehead atoms. The van der Waals surface area contributed by atoms with Crippen LogP contribution >= 0.6 is 11.8 Å². The van der Waals surface area contributed by atoms with E-state index in [2.05, 4.69) is 17.1 Å². The molecule has 1 unspecified atom stereocenters. The molecule has 29 heavy (non-hydrogen) atoms. The van der Waals surface area contributed by atoms with Crippen LogP contribution in [0.3, 0.4) is 0 Å². The Kier molecular flexibility index (Phi) is 5.89. The first-order valence-electron chi connectivity index (χ1n) is 9.79. The maximum Gasteiger partial charge on any atom is 0.233 e. The van der Waals surface area contributed by atoms with Crippen molar-refractivity contribution in [1.29, 1.82) is 0 Å². The van der Waals surface area contributed by atoms with E-state index in [1.54, 1.807) is 30.5 Å². The van der Waals surface area contributed by atoms with Gasteiger partial charge < -0.3 is 14.4 Å². The van der Waals surface area contributed by atoms with Crippen LogP contribution < -0.4 is 0 Å². The summed E-state index contributed by atoms with van der Waals surface area (Å²) in [5.41, 5.74) is 0.838. The molecule has 1 aliphatic heterocycles. The Hall–Kier alpha value is -2.74. The number of thioether (sulfide) groups is 1. The molecule has 3 heterocycles. The van der Waals surface area contributed by atoms with Crippen LogP contribution in [0.4, 0.5) is 0 Å². The summed E-state index contributed by atoms with van der Waals surface area (Å²) < 4.78 is 7.45. The first-order chi connectivity index (χ1) is 14.1. The highest BCUT2D eigenvalue weighted by Crippen LogP contribution is 2.27. The molecule has 152 valence electrons. The Morgan fingerprint density at radius 1 is 1.24 bits per heavy atom. The lowest BCUT2D eigenvalue weighted by atomic mass is 10.0. The zero-order valence-corrected chi connectivity index (χ0v) is 17.1. The monoisotopic (exact) mass is 412 g/mol. The summed E-state index contributed by atoms with van der Waals surface area (Å²) >= 11 is 1.40. The molecule has 0 spiro atoms. The maximum absolute atomic E-state index is 12.7. The number of phenolic OH excluding ortho intramolecular Hbond substituents is 1. The van der Waals surface area contributed by atoms with Crippen LogP contribution in [0.5, 0.6) is 5.75 Å². The summed E-state index contributed by atoms with van der Waals surface area (Å²) in [4.78, 5) is 14.7. The molecule has 1 atom stereocenters. The van der Waals surface area contributed by atoms with Gasteiger partial charge in [0.25, 0.3) is 0 Å². The minimum Gasteiger partial charge on any atom is -0.508 e. The number of benzene rings is 1. The molecular weight excluding hydrogens is 388 g/mol. The number of rotatable bonds is 6. The number of aromatic hydroxyl groups is 1. The number of nitrogens with zero attached hydrogens (tertiary/aromatic N) is 4.